The Labute approximate surface area is 400 Å². The highest BCUT2D eigenvalue weighted by Gasteiger charge is 2.52. The number of rotatable bonds is 0. The van der Waals surface area contributed by atoms with E-state index in [1.54, 1.807) is 13.8 Å². The molecule has 0 aromatic carbocycles. The van der Waals surface area contributed by atoms with Gasteiger partial charge in [-0.05, 0) is 69.2 Å². The maximum atomic E-state index is 11.6. The van der Waals surface area contributed by atoms with Gasteiger partial charge in [0.2, 0.25) is 0 Å². The van der Waals surface area contributed by atoms with E-state index in [0.29, 0.717) is 19.8 Å². The van der Waals surface area contributed by atoms with Gasteiger partial charge in [0.25, 0.3) is 0 Å². The van der Waals surface area contributed by atoms with E-state index < -0.39 is 109 Å². The lowest BCUT2D eigenvalue weighted by atomic mass is 10.0. The molecule has 9 saturated heterocycles. The molecule has 0 aromatic rings. The average molecular weight is 1010 g/mol. The van der Waals surface area contributed by atoms with Crippen molar-refractivity contribution in [3.05, 3.63) is 0 Å². The quantitative estimate of drug-likeness (QED) is 0.108. The summed E-state index contributed by atoms with van der Waals surface area (Å²) in [6.45, 7) is 19.3. The van der Waals surface area contributed by atoms with Crippen molar-refractivity contribution in [3.8, 4) is 0 Å². The lowest BCUT2D eigenvalue weighted by molar-refractivity contribution is -0.252. The average Bonchev–Trinajstić information content (AvgIpc) is 3.92. The summed E-state index contributed by atoms with van der Waals surface area (Å²) in [6.07, 6.45) is -17.1. The van der Waals surface area contributed by atoms with Crippen molar-refractivity contribution in [1.82, 2.24) is 0 Å². The van der Waals surface area contributed by atoms with Gasteiger partial charge in [-0.15, -0.1) is 0 Å². The van der Waals surface area contributed by atoms with Crippen molar-refractivity contribution < 1.29 is 128 Å². The first-order valence-electron chi connectivity index (χ1n) is 23.0. The van der Waals surface area contributed by atoms with Gasteiger partial charge in [0.15, 0.2) is 41.8 Å². The molecule has 9 heterocycles. The van der Waals surface area contributed by atoms with Gasteiger partial charge in [-0.25, -0.2) is 0 Å². The molecule has 9 aliphatic heterocycles. The number of hydrogen-bond acceptors (Lipinski definition) is 26. The Kier molecular flexibility index (Phi) is 22.1. The first-order chi connectivity index (χ1) is 31.9. The minimum atomic E-state index is -1.41. The summed E-state index contributed by atoms with van der Waals surface area (Å²) in [5.74, 6) is -1.85. The molecular weight excluding hydrogens is 932 g/mol. The number of aliphatic hydroxyl groups excluding tert-OH is 13. The summed E-state index contributed by atoms with van der Waals surface area (Å²) >= 11 is 0. The molecule has 0 bridgehead atoms. The molecule has 23 unspecified atom stereocenters. The minimum absolute atomic E-state index is 0.0122. The van der Waals surface area contributed by atoms with E-state index in [1.807, 2.05) is 55.4 Å². The second-order valence-electron chi connectivity index (χ2n) is 19.4. The van der Waals surface area contributed by atoms with Gasteiger partial charge in [0.1, 0.15) is 104 Å². The molecular formula is C43H78O26. The van der Waals surface area contributed by atoms with Crippen LogP contribution in [0.15, 0.2) is 0 Å². The van der Waals surface area contributed by atoms with Crippen LogP contribution >= 0.6 is 0 Å². The first-order valence-corrected chi connectivity index (χ1v) is 23.0. The van der Waals surface area contributed by atoms with Crippen LogP contribution in [-0.2, 0) is 61.6 Å². The molecule has 9 aliphatic rings. The molecule has 13 N–H and O–H groups in total. The maximum absolute atomic E-state index is 11.6. The molecule has 69 heavy (non-hydrogen) atoms. The number of carbonyl (C=O) groups is 1. The van der Waals surface area contributed by atoms with Crippen molar-refractivity contribution >= 4 is 5.78 Å². The van der Waals surface area contributed by atoms with Crippen LogP contribution in [0.5, 0.6) is 0 Å². The van der Waals surface area contributed by atoms with Crippen LogP contribution in [0.2, 0.25) is 0 Å². The predicted octanol–water partition coefficient (Wildman–Crippen LogP) is -5.61. The van der Waals surface area contributed by atoms with Gasteiger partial charge in [-0.2, -0.15) is 0 Å². The standard InChI is InChI=1S/2C9H16O4.C9H14O4.C6H12O4.2C5H10O5/c3*1-5-7(10)8-6(4-11-5)12-9(2,3)13-8;1-3-5(8)6(9)4(7)2-10-3;2*6-2-1-10-5(9)4(8)3(2)7/h2*5-8,10H,4H2,1-3H3;5-6,8H,4H2,1-3H3;3-9H,2H2,1H3;2*2-9H,1H2. The summed E-state index contributed by atoms with van der Waals surface area (Å²) in [4.78, 5) is 11.6. The van der Waals surface area contributed by atoms with Gasteiger partial charge >= 0.3 is 0 Å². The molecule has 9 rings (SSSR count). The Morgan fingerprint density at radius 3 is 1.07 bits per heavy atom. The van der Waals surface area contributed by atoms with E-state index in [4.69, 9.17) is 104 Å². The van der Waals surface area contributed by atoms with Crippen LogP contribution in [0.3, 0.4) is 0 Å². The van der Waals surface area contributed by atoms with E-state index >= 15 is 0 Å². The highest BCUT2D eigenvalue weighted by Crippen LogP contribution is 2.36. The lowest BCUT2D eigenvalue weighted by Crippen LogP contribution is -2.52. The topological polar surface area (TPSA) is 391 Å². The predicted molar refractivity (Wildman–Crippen MR) is 228 cm³/mol. The van der Waals surface area contributed by atoms with E-state index in [1.165, 1.54) is 0 Å². The SMILES string of the molecule is CC1OCC(O)C(O)C1O.CC1OCC2OC(C)(C)OC2C1=O.CC1OCC2OC(C)(C)OC2C1O.CC1OCC2OC(C)(C)OC2C1O.OC1COC(O)C(O)C1O.OC1COC(O)C(O)C1O. The first kappa shape index (κ1) is 60.2. The number of ketones is 1. The number of aliphatic hydroxyl groups is 13. The molecule has 0 spiro atoms. The fourth-order valence-electron chi connectivity index (χ4n) is 8.07. The second kappa shape index (κ2) is 25.3. The molecule has 26 heteroatoms. The van der Waals surface area contributed by atoms with Crippen molar-refractivity contribution in [1.29, 1.82) is 0 Å². The van der Waals surface area contributed by atoms with E-state index in [9.17, 15) is 15.0 Å². The van der Waals surface area contributed by atoms with Crippen LogP contribution < -0.4 is 0 Å². The molecule has 23 atom stereocenters. The van der Waals surface area contributed by atoms with E-state index in [0.717, 1.165) is 0 Å². The van der Waals surface area contributed by atoms with Crippen LogP contribution in [0.1, 0.15) is 69.2 Å². The normalized spacial score (nSPS) is 48.0. The number of Topliss-reactive ketones (excluding diaryl/α,β-unsaturated/α-hetero) is 1. The highest BCUT2D eigenvalue weighted by molar-refractivity contribution is 5.88. The van der Waals surface area contributed by atoms with Crippen molar-refractivity contribution in [2.45, 2.75) is 227 Å². The van der Waals surface area contributed by atoms with Gasteiger partial charge in [0.05, 0.1) is 58.0 Å². The Morgan fingerprint density at radius 2 is 0.681 bits per heavy atom. The Bertz CT molecular complexity index is 1410. The summed E-state index contributed by atoms with van der Waals surface area (Å²) in [7, 11) is 0. The van der Waals surface area contributed by atoms with Gasteiger partial charge in [0, 0.05) is 0 Å². The molecule has 0 radical (unpaired) electrons. The maximum Gasteiger partial charge on any atom is 0.192 e. The van der Waals surface area contributed by atoms with Gasteiger partial charge < -0.3 is 123 Å². The Hall–Kier alpha value is -1.33. The monoisotopic (exact) mass is 1010 g/mol. The number of hydrogen-bond donors (Lipinski definition) is 13. The molecule has 26 nitrogen and oxygen atoms in total. The fourth-order valence-corrected chi connectivity index (χ4v) is 8.07. The van der Waals surface area contributed by atoms with Crippen molar-refractivity contribution in [3.63, 3.8) is 0 Å². The van der Waals surface area contributed by atoms with E-state index in [2.05, 4.69) is 9.47 Å². The van der Waals surface area contributed by atoms with E-state index in [-0.39, 0.29) is 74.4 Å². The largest absolute Gasteiger partial charge is 0.388 e. The molecule has 406 valence electrons. The van der Waals surface area contributed by atoms with Crippen LogP contribution in [0.4, 0.5) is 0 Å². The smallest absolute Gasteiger partial charge is 0.192 e. The Balaban J connectivity index is 0.000000181. The third kappa shape index (κ3) is 16.3. The number of ether oxygens (including phenoxy) is 12. The third-order valence-electron chi connectivity index (χ3n) is 12.2. The fraction of sp³-hybridized carbons (Fsp3) is 0.977. The molecule has 0 amide bonds. The van der Waals surface area contributed by atoms with Crippen LogP contribution in [-0.4, -0.2) is 270 Å². The van der Waals surface area contributed by atoms with Gasteiger partial charge in [-0.3, -0.25) is 4.79 Å². The lowest BCUT2D eigenvalue weighted by Gasteiger charge is -2.33. The summed E-state index contributed by atoms with van der Waals surface area (Å²) in [5.41, 5.74) is 0. The number of carbonyl (C=O) groups excluding carboxylic acids is 1. The second-order valence-corrected chi connectivity index (χ2v) is 19.4. The highest BCUT2D eigenvalue weighted by atomic mass is 16.8. The van der Waals surface area contributed by atoms with Gasteiger partial charge in [-0.1, -0.05) is 0 Å². The zero-order valence-electron chi connectivity index (χ0n) is 40.6. The van der Waals surface area contributed by atoms with Crippen molar-refractivity contribution in [2.75, 3.05) is 39.6 Å². The molecule has 9 fully saturated rings. The minimum Gasteiger partial charge on any atom is -0.388 e. The summed E-state index contributed by atoms with van der Waals surface area (Å²) in [6, 6.07) is 0. The molecule has 0 aromatic heterocycles. The summed E-state index contributed by atoms with van der Waals surface area (Å²) < 4.78 is 63.1. The van der Waals surface area contributed by atoms with Crippen molar-refractivity contribution in [2.24, 2.45) is 0 Å². The third-order valence-corrected chi connectivity index (χ3v) is 12.2. The summed E-state index contributed by atoms with van der Waals surface area (Å²) in [5, 5.41) is 117. The Morgan fingerprint density at radius 1 is 0.362 bits per heavy atom. The molecule has 0 saturated carbocycles. The van der Waals surface area contributed by atoms with Crippen LogP contribution in [0.25, 0.3) is 0 Å². The zero-order valence-corrected chi connectivity index (χ0v) is 40.6. The zero-order chi connectivity index (χ0) is 52.1. The molecule has 0 aliphatic carbocycles. The number of fused-ring (bicyclic) bond motifs is 3. The van der Waals surface area contributed by atoms with Crippen LogP contribution in [0, 0.1) is 0 Å².